The lowest BCUT2D eigenvalue weighted by molar-refractivity contribution is 0.0525. The normalized spacial score (nSPS) is 17.0. The van der Waals surface area contributed by atoms with Crippen LogP contribution in [0.2, 0.25) is 0 Å². The Kier molecular flexibility index (Phi) is 7.91. The summed E-state index contributed by atoms with van der Waals surface area (Å²) in [5, 5.41) is 7.08. The standard InChI is InChI=1S/C25H33N3O2S/c1-5-30-24(29)22-9-6-10-23(18(22)3)27-25(31)26-19(4)20-11-13-21(14-12-20)28-15-7-8-17(2)16-28/h6,9-14,17,19H,5,7-8,15-16H2,1-4H3,(H2,26,27,31)/t17-,19-/m1/s1. The molecule has 2 N–H and O–H groups in total. The minimum absolute atomic E-state index is 0.0582. The molecule has 0 saturated carbocycles. The smallest absolute Gasteiger partial charge is 0.338 e. The number of nitrogens with one attached hydrogen (secondary N) is 2. The van der Waals surface area contributed by atoms with Crippen molar-refractivity contribution in [2.24, 2.45) is 5.92 Å². The second-order valence-electron chi connectivity index (χ2n) is 8.30. The molecule has 1 aliphatic rings. The van der Waals surface area contributed by atoms with Crippen LogP contribution in [-0.4, -0.2) is 30.8 Å². The lowest BCUT2D eigenvalue weighted by Gasteiger charge is -2.33. The van der Waals surface area contributed by atoms with Crippen molar-refractivity contribution in [1.82, 2.24) is 5.32 Å². The Hall–Kier alpha value is -2.60. The number of nitrogens with zero attached hydrogens (tertiary/aromatic N) is 1. The Morgan fingerprint density at radius 2 is 2.00 bits per heavy atom. The van der Waals surface area contributed by atoms with Gasteiger partial charge in [-0.3, -0.25) is 0 Å². The van der Waals surface area contributed by atoms with Crippen molar-refractivity contribution in [3.8, 4) is 0 Å². The number of hydrogen-bond acceptors (Lipinski definition) is 4. The number of benzene rings is 2. The van der Waals surface area contributed by atoms with Crippen molar-refractivity contribution in [2.75, 3.05) is 29.9 Å². The van der Waals surface area contributed by atoms with Crippen LogP contribution >= 0.6 is 12.2 Å². The van der Waals surface area contributed by atoms with Gasteiger partial charge in [-0.25, -0.2) is 4.79 Å². The van der Waals surface area contributed by atoms with Crippen molar-refractivity contribution in [2.45, 2.75) is 46.6 Å². The summed E-state index contributed by atoms with van der Waals surface area (Å²) in [6.45, 7) is 10.7. The summed E-state index contributed by atoms with van der Waals surface area (Å²) in [5.41, 5.74) is 4.62. The van der Waals surface area contributed by atoms with Gasteiger partial charge >= 0.3 is 5.97 Å². The van der Waals surface area contributed by atoms with Gasteiger partial charge in [-0.15, -0.1) is 0 Å². The van der Waals surface area contributed by atoms with Crippen LogP contribution in [0.1, 0.15) is 61.1 Å². The number of thiocarbonyl (C=S) groups is 1. The molecule has 2 aromatic rings. The van der Waals surface area contributed by atoms with E-state index in [0.29, 0.717) is 17.3 Å². The molecule has 1 saturated heterocycles. The van der Waals surface area contributed by atoms with Crippen LogP contribution in [-0.2, 0) is 4.74 Å². The number of hydrogen-bond donors (Lipinski definition) is 2. The molecule has 166 valence electrons. The zero-order valence-corrected chi connectivity index (χ0v) is 19.7. The third-order valence-corrected chi connectivity index (χ3v) is 6.06. The third kappa shape index (κ3) is 5.97. The Bertz CT molecular complexity index is 913. The summed E-state index contributed by atoms with van der Waals surface area (Å²) < 4.78 is 5.13. The van der Waals surface area contributed by atoms with Gasteiger partial charge in [0.2, 0.25) is 0 Å². The van der Waals surface area contributed by atoms with E-state index in [1.165, 1.54) is 24.1 Å². The lowest BCUT2D eigenvalue weighted by atomic mass is 9.99. The monoisotopic (exact) mass is 439 g/mol. The van der Waals surface area contributed by atoms with Crippen molar-refractivity contribution in [1.29, 1.82) is 0 Å². The van der Waals surface area contributed by atoms with Crippen LogP contribution in [0.5, 0.6) is 0 Å². The molecule has 1 heterocycles. The first kappa shape index (κ1) is 23.1. The topological polar surface area (TPSA) is 53.6 Å². The first-order chi connectivity index (χ1) is 14.9. The number of piperidine rings is 1. The van der Waals surface area contributed by atoms with Crippen molar-refractivity contribution < 1.29 is 9.53 Å². The van der Waals surface area contributed by atoms with Crippen LogP contribution in [0.15, 0.2) is 42.5 Å². The molecule has 5 nitrogen and oxygen atoms in total. The molecule has 0 amide bonds. The predicted octanol–water partition coefficient (Wildman–Crippen LogP) is 5.46. The van der Waals surface area contributed by atoms with E-state index in [4.69, 9.17) is 17.0 Å². The third-order valence-electron chi connectivity index (χ3n) is 5.84. The Morgan fingerprint density at radius 1 is 1.26 bits per heavy atom. The van der Waals surface area contributed by atoms with Gasteiger partial charge in [-0.1, -0.05) is 25.1 Å². The van der Waals surface area contributed by atoms with Crippen LogP contribution in [0.4, 0.5) is 11.4 Å². The second-order valence-corrected chi connectivity index (χ2v) is 8.71. The minimum Gasteiger partial charge on any atom is -0.462 e. The molecule has 0 aliphatic carbocycles. The van der Waals surface area contributed by atoms with Gasteiger partial charge < -0.3 is 20.3 Å². The fourth-order valence-electron chi connectivity index (χ4n) is 4.04. The van der Waals surface area contributed by atoms with Crippen LogP contribution in [0.25, 0.3) is 0 Å². The van der Waals surface area contributed by atoms with Crippen LogP contribution < -0.4 is 15.5 Å². The van der Waals surface area contributed by atoms with Gasteiger partial charge in [0.25, 0.3) is 0 Å². The Morgan fingerprint density at radius 3 is 2.68 bits per heavy atom. The maximum atomic E-state index is 12.1. The highest BCUT2D eigenvalue weighted by Gasteiger charge is 2.17. The molecule has 31 heavy (non-hydrogen) atoms. The van der Waals surface area contributed by atoms with E-state index >= 15 is 0 Å². The van der Waals surface area contributed by atoms with Crippen molar-refractivity contribution >= 4 is 34.7 Å². The molecule has 0 bridgehead atoms. The molecule has 1 fully saturated rings. The summed E-state index contributed by atoms with van der Waals surface area (Å²) in [6.07, 6.45) is 2.58. The fourth-order valence-corrected chi connectivity index (χ4v) is 4.32. The largest absolute Gasteiger partial charge is 0.462 e. The SMILES string of the molecule is CCOC(=O)c1cccc(NC(=S)N[C@H](C)c2ccc(N3CCC[C@@H](C)C3)cc2)c1C. The first-order valence-corrected chi connectivity index (χ1v) is 11.5. The van der Waals surface area contributed by atoms with Gasteiger partial charge in [-0.05, 0) is 87.1 Å². The van der Waals surface area contributed by atoms with E-state index < -0.39 is 0 Å². The molecule has 1 aliphatic heterocycles. The molecule has 0 unspecified atom stereocenters. The van der Waals surface area contributed by atoms with E-state index in [9.17, 15) is 4.79 Å². The fraction of sp³-hybridized carbons (Fsp3) is 0.440. The molecule has 0 aromatic heterocycles. The number of anilines is 2. The van der Waals surface area contributed by atoms with Gasteiger partial charge in [0, 0.05) is 24.5 Å². The van der Waals surface area contributed by atoms with Gasteiger partial charge in [0.05, 0.1) is 18.2 Å². The first-order valence-electron chi connectivity index (χ1n) is 11.1. The maximum Gasteiger partial charge on any atom is 0.338 e. The molecule has 2 atom stereocenters. The van der Waals surface area contributed by atoms with E-state index in [2.05, 4.69) is 53.6 Å². The molecule has 0 spiro atoms. The summed E-state index contributed by atoms with van der Waals surface area (Å²) in [7, 11) is 0. The molecule has 0 radical (unpaired) electrons. The van der Waals surface area contributed by atoms with Crippen LogP contribution in [0.3, 0.4) is 0 Å². The highest BCUT2D eigenvalue weighted by Crippen LogP contribution is 2.25. The molecular formula is C25H33N3O2S. The van der Waals surface area contributed by atoms with Crippen molar-refractivity contribution in [3.05, 3.63) is 59.2 Å². The van der Waals surface area contributed by atoms with Gasteiger partial charge in [-0.2, -0.15) is 0 Å². The number of rotatable bonds is 6. The van der Waals surface area contributed by atoms with E-state index in [1.807, 2.05) is 19.1 Å². The Balaban J connectivity index is 1.61. The highest BCUT2D eigenvalue weighted by atomic mass is 32.1. The number of esters is 1. The molecular weight excluding hydrogens is 406 g/mol. The zero-order chi connectivity index (χ0) is 22.4. The van der Waals surface area contributed by atoms with E-state index in [0.717, 1.165) is 30.3 Å². The number of carbonyl (C=O) groups excluding carboxylic acids is 1. The van der Waals surface area contributed by atoms with Gasteiger partial charge in [0.15, 0.2) is 5.11 Å². The summed E-state index contributed by atoms with van der Waals surface area (Å²) in [4.78, 5) is 14.6. The lowest BCUT2D eigenvalue weighted by Crippen LogP contribution is -2.34. The maximum absolute atomic E-state index is 12.1. The second kappa shape index (κ2) is 10.6. The number of ether oxygens (including phenoxy) is 1. The quantitative estimate of drug-likeness (QED) is 0.461. The van der Waals surface area contributed by atoms with Gasteiger partial charge in [0.1, 0.15) is 0 Å². The summed E-state index contributed by atoms with van der Waals surface area (Å²) >= 11 is 5.53. The molecule has 2 aromatic carbocycles. The Labute approximate surface area is 191 Å². The van der Waals surface area contributed by atoms with Crippen LogP contribution in [0, 0.1) is 12.8 Å². The molecule has 3 rings (SSSR count). The average molecular weight is 440 g/mol. The molecule has 6 heteroatoms. The van der Waals surface area contributed by atoms with Crippen molar-refractivity contribution in [3.63, 3.8) is 0 Å². The zero-order valence-electron chi connectivity index (χ0n) is 18.9. The van der Waals surface area contributed by atoms with E-state index in [1.54, 1.807) is 13.0 Å². The predicted molar refractivity (Wildman–Crippen MR) is 132 cm³/mol. The highest BCUT2D eigenvalue weighted by molar-refractivity contribution is 7.80. The minimum atomic E-state index is -0.320. The summed E-state index contributed by atoms with van der Waals surface area (Å²) in [5.74, 6) is 0.433. The average Bonchev–Trinajstić information content (AvgIpc) is 2.75. The number of carbonyl (C=O) groups is 1. The summed E-state index contributed by atoms with van der Waals surface area (Å²) in [6, 6.07) is 14.3. The van der Waals surface area contributed by atoms with E-state index in [-0.39, 0.29) is 12.0 Å².